The number of rotatable bonds is 4. The largest absolute Gasteiger partial charge is 0.338 e. The molecular formula is C18H18Cl3N3. The molecule has 6 heteroatoms. The number of benzene rings is 2. The molecule has 1 aromatic heterocycles. The van der Waals surface area contributed by atoms with Crippen LogP contribution in [0.4, 0.5) is 0 Å². The Morgan fingerprint density at radius 2 is 1.79 bits per heavy atom. The number of hydrogen-bond donors (Lipinski definition) is 1. The van der Waals surface area contributed by atoms with Crippen molar-refractivity contribution in [2.75, 3.05) is 14.1 Å². The number of nitrogens with one attached hydrogen (secondary N) is 1. The average molecular weight is 383 g/mol. The molecular weight excluding hydrogens is 365 g/mol. The van der Waals surface area contributed by atoms with Crippen LogP contribution in [0, 0.1) is 0 Å². The molecule has 0 aliphatic heterocycles. The lowest BCUT2D eigenvalue weighted by atomic mass is 10.1. The van der Waals surface area contributed by atoms with E-state index in [4.69, 9.17) is 23.2 Å². The molecule has 3 rings (SSSR count). The van der Waals surface area contributed by atoms with Crippen LogP contribution in [0.5, 0.6) is 0 Å². The van der Waals surface area contributed by atoms with Crippen LogP contribution in [0.25, 0.3) is 22.6 Å². The monoisotopic (exact) mass is 381 g/mol. The van der Waals surface area contributed by atoms with E-state index in [1.165, 1.54) is 5.56 Å². The van der Waals surface area contributed by atoms with E-state index in [0.29, 0.717) is 10.0 Å². The summed E-state index contributed by atoms with van der Waals surface area (Å²) >= 11 is 12.0. The van der Waals surface area contributed by atoms with Crippen LogP contribution in [0.1, 0.15) is 5.56 Å². The summed E-state index contributed by atoms with van der Waals surface area (Å²) in [5, 5.41) is 1.06. The highest BCUT2D eigenvalue weighted by atomic mass is 35.5. The third-order valence-electron chi connectivity index (χ3n) is 3.51. The smallest absolute Gasteiger partial charge is 0.137 e. The number of nitrogens with zero attached hydrogens (tertiary/aromatic N) is 2. The van der Waals surface area contributed by atoms with Gasteiger partial charge in [-0.15, -0.1) is 12.4 Å². The van der Waals surface area contributed by atoms with E-state index < -0.39 is 0 Å². The topological polar surface area (TPSA) is 31.9 Å². The Morgan fingerprint density at radius 3 is 2.50 bits per heavy atom. The zero-order valence-corrected chi connectivity index (χ0v) is 15.7. The molecule has 0 spiro atoms. The van der Waals surface area contributed by atoms with Gasteiger partial charge in [-0.05, 0) is 49.5 Å². The summed E-state index contributed by atoms with van der Waals surface area (Å²) in [5.74, 6) is 0.775. The van der Waals surface area contributed by atoms with E-state index >= 15 is 0 Å². The van der Waals surface area contributed by atoms with Gasteiger partial charge < -0.3 is 9.88 Å². The van der Waals surface area contributed by atoms with Gasteiger partial charge >= 0.3 is 0 Å². The molecule has 1 heterocycles. The SMILES string of the molecule is CN(C)Cc1cccc(-c2cnc(-c3ccc(Cl)c(Cl)c3)[nH]2)c1.Cl. The number of aromatic amines is 1. The molecule has 0 saturated heterocycles. The van der Waals surface area contributed by atoms with Crippen LogP contribution in [0.2, 0.25) is 10.0 Å². The lowest BCUT2D eigenvalue weighted by Gasteiger charge is -2.10. The van der Waals surface area contributed by atoms with E-state index in [1.54, 1.807) is 6.07 Å². The summed E-state index contributed by atoms with van der Waals surface area (Å²) in [7, 11) is 4.12. The predicted octanol–water partition coefficient (Wildman–Crippen LogP) is 5.53. The summed E-state index contributed by atoms with van der Waals surface area (Å²) in [6.07, 6.45) is 1.84. The number of hydrogen-bond acceptors (Lipinski definition) is 2. The third kappa shape index (κ3) is 4.31. The number of halogens is 3. The van der Waals surface area contributed by atoms with Gasteiger partial charge in [0.25, 0.3) is 0 Å². The van der Waals surface area contributed by atoms with Crippen molar-refractivity contribution in [3.63, 3.8) is 0 Å². The molecule has 1 N–H and O–H groups in total. The van der Waals surface area contributed by atoms with Crippen molar-refractivity contribution in [2.24, 2.45) is 0 Å². The van der Waals surface area contributed by atoms with Gasteiger partial charge in [0.05, 0.1) is 21.9 Å². The van der Waals surface area contributed by atoms with Gasteiger partial charge in [0.15, 0.2) is 0 Å². The van der Waals surface area contributed by atoms with E-state index in [0.717, 1.165) is 29.2 Å². The Labute approximate surface area is 158 Å². The van der Waals surface area contributed by atoms with Crippen molar-refractivity contribution in [1.29, 1.82) is 0 Å². The zero-order valence-electron chi connectivity index (χ0n) is 13.4. The Kier molecular flexibility index (Phi) is 6.30. The van der Waals surface area contributed by atoms with Crippen LogP contribution in [-0.4, -0.2) is 29.0 Å². The first-order valence-corrected chi connectivity index (χ1v) is 8.03. The number of H-pyrrole nitrogens is 1. The van der Waals surface area contributed by atoms with E-state index in [-0.39, 0.29) is 12.4 Å². The molecule has 0 amide bonds. The fourth-order valence-corrected chi connectivity index (χ4v) is 2.76. The Hall–Kier alpha value is -1.52. The van der Waals surface area contributed by atoms with E-state index in [2.05, 4.69) is 53.2 Å². The van der Waals surface area contributed by atoms with Crippen LogP contribution in [-0.2, 0) is 6.54 Å². The summed E-state index contributed by atoms with van der Waals surface area (Å²) in [6, 6.07) is 13.9. The van der Waals surface area contributed by atoms with Crippen LogP contribution in [0.15, 0.2) is 48.7 Å². The van der Waals surface area contributed by atoms with Gasteiger partial charge in [-0.2, -0.15) is 0 Å². The fraction of sp³-hybridized carbons (Fsp3) is 0.167. The van der Waals surface area contributed by atoms with Crippen LogP contribution >= 0.6 is 35.6 Å². The molecule has 0 bridgehead atoms. The van der Waals surface area contributed by atoms with Crippen LogP contribution in [0.3, 0.4) is 0 Å². The second-order valence-corrected chi connectivity index (χ2v) is 6.53. The zero-order chi connectivity index (χ0) is 16.4. The molecule has 0 atom stereocenters. The van der Waals surface area contributed by atoms with E-state index in [9.17, 15) is 0 Å². The Morgan fingerprint density at radius 1 is 1.00 bits per heavy atom. The quantitative estimate of drug-likeness (QED) is 0.643. The fourth-order valence-electron chi connectivity index (χ4n) is 2.46. The highest BCUT2D eigenvalue weighted by molar-refractivity contribution is 6.42. The number of imidazole rings is 1. The van der Waals surface area contributed by atoms with Crippen molar-refractivity contribution < 1.29 is 0 Å². The molecule has 3 aromatic rings. The van der Waals surface area contributed by atoms with Gasteiger partial charge in [0.2, 0.25) is 0 Å². The lowest BCUT2D eigenvalue weighted by molar-refractivity contribution is 0.402. The van der Waals surface area contributed by atoms with Crippen molar-refractivity contribution in [2.45, 2.75) is 6.54 Å². The molecule has 0 fully saturated rings. The third-order valence-corrected chi connectivity index (χ3v) is 4.24. The highest BCUT2D eigenvalue weighted by Crippen LogP contribution is 2.28. The molecule has 0 saturated carbocycles. The van der Waals surface area contributed by atoms with E-state index in [1.807, 2.05) is 18.3 Å². The normalized spacial score (nSPS) is 10.7. The first-order chi connectivity index (χ1) is 11.0. The average Bonchev–Trinajstić information content (AvgIpc) is 2.99. The first-order valence-electron chi connectivity index (χ1n) is 7.27. The van der Waals surface area contributed by atoms with Crippen molar-refractivity contribution >= 4 is 35.6 Å². The molecule has 0 radical (unpaired) electrons. The predicted molar refractivity (Wildman–Crippen MR) is 104 cm³/mol. The van der Waals surface area contributed by atoms with Crippen molar-refractivity contribution in [1.82, 2.24) is 14.9 Å². The Balaban J connectivity index is 0.00000208. The van der Waals surface area contributed by atoms with Gasteiger partial charge in [-0.3, -0.25) is 0 Å². The molecule has 3 nitrogen and oxygen atoms in total. The van der Waals surface area contributed by atoms with Gasteiger partial charge in [-0.25, -0.2) is 4.98 Å². The van der Waals surface area contributed by atoms with Gasteiger partial charge in [0, 0.05) is 12.1 Å². The van der Waals surface area contributed by atoms with Crippen molar-refractivity contribution in [3.8, 4) is 22.6 Å². The summed E-state index contributed by atoms with van der Waals surface area (Å²) < 4.78 is 0. The Bertz CT molecular complexity index is 828. The maximum absolute atomic E-state index is 6.08. The minimum Gasteiger partial charge on any atom is -0.338 e. The molecule has 126 valence electrons. The number of aromatic nitrogens is 2. The standard InChI is InChI=1S/C18H17Cl2N3.ClH/c1-23(2)11-12-4-3-5-13(8-12)17-10-21-18(22-17)14-6-7-15(19)16(20)9-14;/h3-10H,11H2,1-2H3,(H,21,22);1H. The molecule has 0 aliphatic rings. The second-order valence-electron chi connectivity index (χ2n) is 5.71. The second kappa shape index (κ2) is 8.04. The molecule has 0 unspecified atom stereocenters. The summed E-state index contributed by atoms with van der Waals surface area (Å²) in [6.45, 7) is 0.904. The van der Waals surface area contributed by atoms with Crippen molar-refractivity contribution in [3.05, 3.63) is 64.3 Å². The summed E-state index contributed by atoms with van der Waals surface area (Å²) in [5.41, 5.74) is 4.27. The minimum absolute atomic E-state index is 0. The van der Waals surface area contributed by atoms with Gasteiger partial charge in [-0.1, -0.05) is 41.4 Å². The lowest BCUT2D eigenvalue weighted by Crippen LogP contribution is -2.10. The maximum atomic E-state index is 6.08. The highest BCUT2D eigenvalue weighted by Gasteiger charge is 2.08. The van der Waals surface area contributed by atoms with Crippen LogP contribution < -0.4 is 0 Å². The minimum atomic E-state index is 0. The maximum Gasteiger partial charge on any atom is 0.137 e. The molecule has 0 aliphatic carbocycles. The first kappa shape index (κ1) is 18.8. The summed E-state index contributed by atoms with van der Waals surface area (Å²) in [4.78, 5) is 9.95. The van der Waals surface area contributed by atoms with Gasteiger partial charge in [0.1, 0.15) is 5.82 Å². The molecule has 24 heavy (non-hydrogen) atoms. The molecule has 2 aromatic carbocycles.